The molecular weight excluding hydrogens is 384 g/mol. The van der Waals surface area contributed by atoms with E-state index in [1.165, 1.54) is 30.4 Å². The molecule has 1 N–H and O–H groups in total. The Balaban J connectivity index is 1.52. The predicted molar refractivity (Wildman–Crippen MR) is 116 cm³/mol. The van der Waals surface area contributed by atoms with Crippen LogP contribution in [-0.2, 0) is 17.9 Å². The monoisotopic (exact) mass is 408 g/mol. The minimum absolute atomic E-state index is 0.00950. The van der Waals surface area contributed by atoms with Gasteiger partial charge in [0, 0.05) is 16.8 Å². The first-order valence-electron chi connectivity index (χ1n) is 9.97. The minimum atomic E-state index is -0.155. The van der Waals surface area contributed by atoms with E-state index in [1.807, 2.05) is 36.4 Å². The molecule has 6 nitrogen and oxygen atoms in total. The SMILES string of the molecule is O=C(CSC1CCCC1)NCc1nn(Cc2ccccn2)c(=O)c2ccccc12. The zero-order chi connectivity index (χ0) is 20.1. The smallest absolute Gasteiger partial charge is 0.275 e. The summed E-state index contributed by atoms with van der Waals surface area (Å²) in [5.74, 6) is 0.478. The summed E-state index contributed by atoms with van der Waals surface area (Å²) in [5, 5.41) is 9.51. The molecule has 3 aromatic rings. The summed E-state index contributed by atoms with van der Waals surface area (Å²) in [7, 11) is 0. The summed E-state index contributed by atoms with van der Waals surface area (Å²) in [6.45, 7) is 0.593. The average Bonchev–Trinajstić information content (AvgIpc) is 3.28. The van der Waals surface area contributed by atoms with Crippen LogP contribution in [-0.4, -0.2) is 31.7 Å². The molecule has 0 radical (unpaired) electrons. The van der Waals surface area contributed by atoms with Gasteiger partial charge in [-0.05, 0) is 31.0 Å². The summed E-state index contributed by atoms with van der Waals surface area (Å²) in [6.07, 6.45) is 6.66. The van der Waals surface area contributed by atoms with Crippen LogP contribution in [0.1, 0.15) is 37.1 Å². The summed E-state index contributed by atoms with van der Waals surface area (Å²) in [6, 6.07) is 13.0. The third kappa shape index (κ3) is 4.85. The lowest BCUT2D eigenvalue weighted by atomic mass is 10.1. The van der Waals surface area contributed by atoms with Crippen LogP contribution >= 0.6 is 11.8 Å². The van der Waals surface area contributed by atoms with Gasteiger partial charge in [0.15, 0.2) is 0 Å². The molecule has 0 spiro atoms. The number of fused-ring (bicyclic) bond motifs is 1. The topological polar surface area (TPSA) is 76.9 Å². The maximum absolute atomic E-state index is 12.9. The van der Waals surface area contributed by atoms with Crippen molar-refractivity contribution in [1.82, 2.24) is 20.1 Å². The number of pyridine rings is 1. The maximum Gasteiger partial charge on any atom is 0.275 e. The number of amides is 1. The summed E-state index contributed by atoms with van der Waals surface area (Å²) in [4.78, 5) is 29.5. The van der Waals surface area contributed by atoms with Crippen LogP contribution in [0.5, 0.6) is 0 Å². The molecule has 2 aromatic heterocycles. The number of hydrogen-bond donors (Lipinski definition) is 1. The molecule has 0 atom stereocenters. The van der Waals surface area contributed by atoms with Gasteiger partial charge >= 0.3 is 0 Å². The molecule has 150 valence electrons. The summed E-state index contributed by atoms with van der Waals surface area (Å²) >= 11 is 1.74. The van der Waals surface area contributed by atoms with Gasteiger partial charge in [-0.3, -0.25) is 14.6 Å². The van der Waals surface area contributed by atoms with Crippen LogP contribution in [0.2, 0.25) is 0 Å². The first-order valence-corrected chi connectivity index (χ1v) is 11.0. The normalized spacial score (nSPS) is 14.3. The van der Waals surface area contributed by atoms with E-state index in [0.29, 0.717) is 35.2 Å². The number of carbonyl (C=O) groups is 1. The molecule has 2 heterocycles. The zero-order valence-electron chi connectivity index (χ0n) is 16.2. The van der Waals surface area contributed by atoms with Gasteiger partial charge in [-0.15, -0.1) is 11.8 Å². The lowest BCUT2D eigenvalue weighted by molar-refractivity contribution is -0.118. The van der Waals surface area contributed by atoms with E-state index in [4.69, 9.17) is 0 Å². The molecule has 1 aliphatic carbocycles. The number of carbonyl (C=O) groups excluding carboxylic acids is 1. The van der Waals surface area contributed by atoms with Crippen molar-refractivity contribution in [3.8, 4) is 0 Å². The number of nitrogens with zero attached hydrogens (tertiary/aromatic N) is 3. The second-order valence-electron chi connectivity index (χ2n) is 7.27. The molecule has 0 saturated heterocycles. The van der Waals surface area contributed by atoms with Gasteiger partial charge in [0.25, 0.3) is 5.56 Å². The average molecular weight is 409 g/mol. The quantitative estimate of drug-likeness (QED) is 0.650. The largest absolute Gasteiger partial charge is 0.350 e. The lowest BCUT2D eigenvalue weighted by Crippen LogP contribution is -2.30. The van der Waals surface area contributed by atoms with Crippen molar-refractivity contribution in [2.75, 3.05) is 5.75 Å². The second kappa shape index (κ2) is 9.22. The standard InChI is InChI=1S/C22H24N4O2S/c27-21(15-29-17-8-1-2-9-17)24-13-20-18-10-3-4-11-19(18)22(28)26(25-20)14-16-7-5-6-12-23-16/h3-7,10-12,17H,1-2,8-9,13-15H2,(H,24,27). The van der Waals surface area contributed by atoms with E-state index in [1.54, 1.807) is 24.0 Å². The first-order chi connectivity index (χ1) is 14.2. The van der Waals surface area contributed by atoms with Gasteiger partial charge in [-0.2, -0.15) is 5.10 Å². The van der Waals surface area contributed by atoms with Crippen molar-refractivity contribution >= 4 is 28.4 Å². The fourth-order valence-electron chi connectivity index (χ4n) is 3.67. The van der Waals surface area contributed by atoms with Crippen LogP contribution in [0.25, 0.3) is 10.8 Å². The molecule has 7 heteroatoms. The van der Waals surface area contributed by atoms with E-state index in [2.05, 4.69) is 15.4 Å². The van der Waals surface area contributed by atoms with Crippen molar-refractivity contribution in [2.24, 2.45) is 0 Å². The van der Waals surface area contributed by atoms with Crippen LogP contribution in [0, 0.1) is 0 Å². The van der Waals surface area contributed by atoms with E-state index in [9.17, 15) is 9.59 Å². The van der Waals surface area contributed by atoms with E-state index < -0.39 is 0 Å². The third-order valence-corrected chi connectivity index (χ3v) is 6.56. The second-order valence-corrected chi connectivity index (χ2v) is 8.56. The fraction of sp³-hybridized carbons (Fsp3) is 0.364. The van der Waals surface area contributed by atoms with Gasteiger partial charge in [-0.25, -0.2) is 4.68 Å². The zero-order valence-corrected chi connectivity index (χ0v) is 17.0. The van der Waals surface area contributed by atoms with Gasteiger partial charge in [0.1, 0.15) is 0 Å². The Morgan fingerprint density at radius 1 is 1.10 bits per heavy atom. The molecule has 0 aliphatic heterocycles. The van der Waals surface area contributed by atoms with Gasteiger partial charge in [-0.1, -0.05) is 37.1 Å². The number of aromatic nitrogens is 3. The molecular formula is C22H24N4O2S. The molecule has 1 fully saturated rings. The highest BCUT2D eigenvalue weighted by atomic mass is 32.2. The van der Waals surface area contributed by atoms with Crippen molar-refractivity contribution in [3.63, 3.8) is 0 Å². The van der Waals surface area contributed by atoms with Crippen molar-refractivity contribution < 1.29 is 4.79 Å². The number of nitrogens with one attached hydrogen (secondary N) is 1. The highest BCUT2D eigenvalue weighted by molar-refractivity contribution is 8.00. The van der Waals surface area contributed by atoms with Crippen LogP contribution in [0.3, 0.4) is 0 Å². The van der Waals surface area contributed by atoms with Gasteiger partial charge < -0.3 is 5.32 Å². The lowest BCUT2D eigenvalue weighted by Gasteiger charge is -2.12. The number of hydrogen-bond acceptors (Lipinski definition) is 5. The molecule has 4 rings (SSSR count). The summed E-state index contributed by atoms with van der Waals surface area (Å²) in [5.41, 5.74) is 1.30. The Morgan fingerprint density at radius 2 is 1.86 bits per heavy atom. The van der Waals surface area contributed by atoms with Gasteiger partial charge in [0.2, 0.25) is 5.91 Å². The van der Waals surface area contributed by atoms with Crippen LogP contribution in [0.4, 0.5) is 0 Å². The number of thioether (sulfide) groups is 1. The molecule has 1 aromatic carbocycles. The maximum atomic E-state index is 12.9. The Morgan fingerprint density at radius 3 is 2.62 bits per heavy atom. The van der Waals surface area contributed by atoms with Crippen molar-refractivity contribution in [2.45, 2.75) is 44.0 Å². The Bertz CT molecular complexity index is 1050. The molecule has 0 bridgehead atoms. The van der Waals surface area contributed by atoms with Crippen molar-refractivity contribution in [1.29, 1.82) is 0 Å². The predicted octanol–water partition coefficient (Wildman–Crippen LogP) is 3.13. The number of benzene rings is 1. The molecule has 1 amide bonds. The Kier molecular flexibility index (Phi) is 6.24. The summed E-state index contributed by atoms with van der Waals surface area (Å²) < 4.78 is 1.43. The minimum Gasteiger partial charge on any atom is -0.350 e. The molecule has 29 heavy (non-hydrogen) atoms. The Hall–Kier alpha value is -2.67. The highest BCUT2D eigenvalue weighted by Crippen LogP contribution is 2.29. The molecule has 1 aliphatic rings. The first kappa shape index (κ1) is 19.6. The van der Waals surface area contributed by atoms with Crippen LogP contribution in [0.15, 0.2) is 53.5 Å². The van der Waals surface area contributed by atoms with E-state index in [-0.39, 0.29) is 11.5 Å². The van der Waals surface area contributed by atoms with Gasteiger partial charge in [0.05, 0.1) is 35.6 Å². The Labute approximate surface area is 173 Å². The van der Waals surface area contributed by atoms with E-state index >= 15 is 0 Å². The van der Waals surface area contributed by atoms with E-state index in [0.717, 1.165) is 11.1 Å². The van der Waals surface area contributed by atoms with Crippen LogP contribution < -0.4 is 10.9 Å². The molecule has 1 saturated carbocycles. The van der Waals surface area contributed by atoms with Crippen molar-refractivity contribution in [3.05, 3.63) is 70.4 Å². The number of rotatable bonds is 7. The third-order valence-electron chi connectivity index (χ3n) is 5.19. The highest BCUT2D eigenvalue weighted by Gasteiger charge is 2.17. The fourth-order valence-corrected chi connectivity index (χ4v) is 4.83. The molecule has 0 unspecified atom stereocenters.